The summed E-state index contributed by atoms with van der Waals surface area (Å²) in [6, 6.07) is 8.05. The van der Waals surface area contributed by atoms with Gasteiger partial charge in [0, 0.05) is 19.5 Å². The minimum Gasteiger partial charge on any atom is -0.351 e. The maximum Gasteiger partial charge on any atom is 0.230 e. The van der Waals surface area contributed by atoms with Gasteiger partial charge in [0.15, 0.2) is 0 Å². The number of carbonyl (C=O) groups excluding carboxylic acids is 1. The highest BCUT2D eigenvalue weighted by Crippen LogP contribution is 2.20. The first-order chi connectivity index (χ1) is 9.25. The average Bonchev–Trinajstić information content (AvgIpc) is 2.77. The molecule has 1 unspecified atom stereocenters. The van der Waals surface area contributed by atoms with Gasteiger partial charge in [0.25, 0.3) is 0 Å². The number of carbonyl (C=O) groups is 1. The van der Waals surface area contributed by atoms with Crippen LogP contribution in [0.2, 0.25) is 0 Å². The molecule has 2 N–H and O–H groups in total. The van der Waals surface area contributed by atoms with Gasteiger partial charge in [-0.15, -0.1) is 12.4 Å². The molecule has 5 nitrogen and oxygen atoms in total. The number of imidazole rings is 1. The van der Waals surface area contributed by atoms with Crippen molar-refractivity contribution in [2.75, 3.05) is 18.4 Å². The molecule has 1 saturated heterocycles. The molecule has 0 bridgehead atoms. The van der Waals surface area contributed by atoms with Gasteiger partial charge in [-0.3, -0.25) is 4.79 Å². The quantitative estimate of drug-likeness (QED) is 0.892. The fraction of sp³-hybridized carbons (Fsp3) is 0.429. The Hall–Kier alpha value is -1.59. The number of para-hydroxylation sites is 2. The van der Waals surface area contributed by atoms with Crippen LogP contribution in [-0.2, 0) is 0 Å². The average molecular weight is 295 g/mol. The van der Waals surface area contributed by atoms with Gasteiger partial charge in [-0.2, -0.15) is 0 Å². The third-order valence-corrected chi connectivity index (χ3v) is 3.51. The smallest absolute Gasteiger partial charge is 0.230 e. The highest BCUT2D eigenvalue weighted by molar-refractivity contribution is 5.92. The summed E-state index contributed by atoms with van der Waals surface area (Å²) in [5, 5.41) is 6.74. The molecule has 1 fully saturated rings. The highest BCUT2D eigenvalue weighted by atomic mass is 35.5. The summed E-state index contributed by atoms with van der Waals surface area (Å²) in [7, 11) is 0. The summed E-state index contributed by atoms with van der Waals surface area (Å²) in [5.41, 5.74) is 1.71. The fourth-order valence-electron chi connectivity index (χ4n) is 2.60. The predicted molar refractivity (Wildman–Crippen MR) is 82.8 cm³/mol. The van der Waals surface area contributed by atoms with E-state index in [0.717, 1.165) is 37.0 Å². The number of rotatable bonds is 2. The van der Waals surface area contributed by atoms with Crippen LogP contribution in [0.5, 0.6) is 0 Å². The number of aromatic nitrogens is 2. The van der Waals surface area contributed by atoms with E-state index in [1.54, 1.807) is 11.5 Å². The highest BCUT2D eigenvalue weighted by Gasteiger charge is 2.18. The van der Waals surface area contributed by atoms with Gasteiger partial charge >= 0.3 is 0 Å². The molecule has 1 aliphatic heterocycles. The molecule has 0 radical (unpaired) electrons. The third kappa shape index (κ3) is 2.78. The summed E-state index contributed by atoms with van der Waals surface area (Å²) in [5.74, 6) is 0.641. The van der Waals surface area contributed by atoms with Crippen LogP contribution in [0, 0.1) is 0 Å². The summed E-state index contributed by atoms with van der Waals surface area (Å²) in [6.45, 7) is 3.56. The van der Waals surface area contributed by atoms with Crippen molar-refractivity contribution < 1.29 is 4.79 Å². The van der Waals surface area contributed by atoms with Crippen molar-refractivity contribution in [3.8, 4) is 0 Å². The Labute approximate surface area is 124 Å². The molecule has 2 aromatic rings. The molecule has 1 aromatic carbocycles. The van der Waals surface area contributed by atoms with Crippen LogP contribution in [0.15, 0.2) is 24.3 Å². The maximum absolute atomic E-state index is 11.9. The normalized spacial score (nSPS) is 18.6. The molecule has 1 aromatic heterocycles. The van der Waals surface area contributed by atoms with E-state index in [2.05, 4.69) is 15.6 Å². The molecule has 1 aliphatic rings. The van der Waals surface area contributed by atoms with E-state index < -0.39 is 0 Å². The number of hydrogen-bond donors (Lipinski definition) is 2. The minimum absolute atomic E-state index is 0. The standard InChI is InChI=1S/C14H18N4O.ClH/c1-10(19)18-13-7-3-2-6-12(13)17-14(18)16-11-5-4-8-15-9-11;/h2-3,6-7,11,15H,4-5,8-9H2,1H3,(H,16,17);1H. The van der Waals surface area contributed by atoms with Gasteiger partial charge < -0.3 is 10.6 Å². The first-order valence-electron chi connectivity index (χ1n) is 6.71. The monoisotopic (exact) mass is 294 g/mol. The Morgan fingerprint density at radius 1 is 1.45 bits per heavy atom. The summed E-state index contributed by atoms with van der Waals surface area (Å²) < 4.78 is 1.66. The second-order valence-corrected chi connectivity index (χ2v) is 4.97. The Balaban J connectivity index is 0.00000147. The lowest BCUT2D eigenvalue weighted by Crippen LogP contribution is -2.39. The zero-order chi connectivity index (χ0) is 13.2. The van der Waals surface area contributed by atoms with Crippen LogP contribution in [-0.4, -0.2) is 34.6 Å². The number of anilines is 1. The Kier molecular flexibility index (Phi) is 4.62. The number of halogens is 1. The third-order valence-electron chi connectivity index (χ3n) is 3.51. The lowest BCUT2D eigenvalue weighted by Gasteiger charge is -2.24. The summed E-state index contributed by atoms with van der Waals surface area (Å²) in [4.78, 5) is 16.4. The Morgan fingerprint density at radius 2 is 2.25 bits per heavy atom. The number of piperidine rings is 1. The predicted octanol–water partition coefficient (Wildman–Crippen LogP) is 2.28. The zero-order valence-electron chi connectivity index (χ0n) is 11.4. The first-order valence-corrected chi connectivity index (χ1v) is 6.71. The number of nitrogens with one attached hydrogen (secondary N) is 2. The summed E-state index contributed by atoms with van der Waals surface area (Å²) in [6.07, 6.45) is 2.26. The van der Waals surface area contributed by atoms with E-state index >= 15 is 0 Å². The van der Waals surface area contributed by atoms with Crippen molar-refractivity contribution in [1.82, 2.24) is 14.9 Å². The number of benzene rings is 1. The van der Waals surface area contributed by atoms with Crippen molar-refractivity contribution in [3.05, 3.63) is 24.3 Å². The first kappa shape index (κ1) is 14.8. The van der Waals surface area contributed by atoms with Crippen molar-refractivity contribution in [2.24, 2.45) is 0 Å². The van der Waals surface area contributed by atoms with Crippen LogP contribution in [0.25, 0.3) is 11.0 Å². The molecule has 0 aliphatic carbocycles. The molecule has 2 heterocycles. The van der Waals surface area contributed by atoms with Crippen molar-refractivity contribution in [3.63, 3.8) is 0 Å². The number of fused-ring (bicyclic) bond motifs is 1. The molecular weight excluding hydrogens is 276 g/mol. The van der Waals surface area contributed by atoms with E-state index in [0.29, 0.717) is 12.0 Å². The minimum atomic E-state index is -0.0139. The van der Waals surface area contributed by atoms with Gasteiger partial charge in [0.1, 0.15) is 0 Å². The maximum atomic E-state index is 11.9. The van der Waals surface area contributed by atoms with Crippen molar-refractivity contribution in [2.45, 2.75) is 25.8 Å². The second-order valence-electron chi connectivity index (χ2n) is 4.97. The van der Waals surface area contributed by atoms with Gasteiger partial charge in [-0.25, -0.2) is 9.55 Å². The topological polar surface area (TPSA) is 59.0 Å². The van der Waals surface area contributed by atoms with E-state index in [1.165, 1.54) is 0 Å². The SMILES string of the molecule is CC(=O)n1c(NC2CCCNC2)nc2ccccc21.Cl. The van der Waals surface area contributed by atoms with Gasteiger partial charge in [-0.1, -0.05) is 12.1 Å². The van der Waals surface area contributed by atoms with E-state index in [1.807, 2.05) is 24.3 Å². The fourth-order valence-corrected chi connectivity index (χ4v) is 2.60. The number of nitrogens with zero attached hydrogens (tertiary/aromatic N) is 2. The molecule has 0 amide bonds. The molecule has 0 saturated carbocycles. The van der Waals surface area contributed by atoms with E-state index in [9.17, 15) is 4.79 Å². The molecule has 3 rings (SSSR count). The van der Waals surface area contributed by atoms with Crippen LogP contribution in [0.4, 0.5) is 5.95 Å². The molecule has 6 heteroatoms. The van der Waals surface area contributed by atoms with Crippen LogP contribution < -0.4 is 10.6 Å². The molecule has 0 spiro atoms. The van der Waals surface area contributed by atoms with Gasteiger partial charge in [0.05, 0.1) is 11.0 Å². The molecule has 1 atom stereocenters. The van der Waals surface area contributed by atoms with E-state index in [4.69, 9.17) is 0 Å². The largest absolute Gasteiger partial charge is 0.351 e. The number of hydrogen-bond acceptors (Lipinski definition) is 4. The lowest BCUT2D eigenvalue weighted by molar-refractivity contribution is 0.0943. The van der Waals surface area contributed by atoms with Gasteiger partial charge in [-0.05, 0) is 31.5 Å². The van der Waals surface area contributed by atoms with Crippen molar-refractivity contribution in [1.29, 1.82) is 0 Å². The molecular formula is C14H19ClN4O. The lowest BCUT2D eigenvalue weighted by atomic mass is 10.1. The summed E-state index contributed by atoms with van der Waals surface area (Å²) >= 11 is 0. The van der Waals surface area contributed by atoms with Crippen LogP contribution in [0.1, 0.15) is 24.6 Å². The van der Waals surface area contributed by atoms with Crippen molar-refractivity contribution >= 4 is 35.3 Å². The van der Waals surface area contributed by atoms with E-state index in [-0.39, 0.29) is 18.3 Å². The van der Waals surface area contributed by atoms with Crippen LogP contribution in [0.3, 0.4) is 0 Å². The Bertz CT molecular complexity index is 604. The van der Waals surface area contributed by atoms with Gasteiger partial charge in [0.2, 0.25) is 11.9 Å². The molecule has 20 heavy (non-hydrogen) atoms. The second kappa shape index (κ2) is 6.24. The zero-order valence-corrected chi connectivity index (χ0v) is 12.2. The Morgan fingerprint density at radius 3 is 2.95 bits per heavy atom. The molecule has 108 valence electrons. The van der Waals surface area contributed by atoms with Crippen LogP contribution >= 0.6 is 12.4 Å².